The highest BCUT2D eigenvalue weighted by Crippen LogP contribution is 2.19. The van der Waals surface area contributed by atoms with E-state index in [-0.39, 0.29) is 24.3 Å². The Bertz CT molecular complexity index is 600. The Balaban J connectivity index is 1.69. The number of carbonyl (C=O) groups excluding carboxylic acids is 2. The second-order valence-corrected chi connectivity index (χ2v) is 7.32. The van der Waals surface area contributed by atoms with Crippen LogP contribution in [-0.4, -0.2) is 65.1 Å². The number of likely N-dealkylation sites (tertiary alicyclic amines) is 1. The van der Waals surface area contributed by atoms with Gasteiger partial charge >= 0.3 is 5.97 Å². The lowest BCUT2D eigenvalue weighted by atomic mass is 9.97. The van der Waals surface area contributed by atoms with Crippen LogP contribution < -0.4 is 0 Å². The molecule has 136 valence electrons. The van der Waals surface area contributed by atoms with Gasteiger partial charge in [-0.25, -0.2) is 0 Å². The van der Waals surface area contributed by atoms with E-state index in [1.807, 2.05) is 30.3 Å². The van der Waals surface area contributed by atoms with Gasteiger partial charge in [-0.05, 0) is 25.0 Å². The van der Waals surface area contributed by atoms with Crippen molar-refractivity contribution in [1.82, 2.24) is 9.80 Å². The third-order valence-electron chi connectivity index (χ3n) is 4.32. The zero-order valence-electron chi connectivity index (χ0n) is 14.4. The second kappa shape index (κ2) is 9.46. The minimum Gasteiger partial charge on any atom is -0.481 e. The average Bonchev–Trinajstić information content (AvgIpc) is 2.62. The summed E-state index contributed by atoms with van der Waals surface area (Å²) < 4.78 is 0. The van der Waals surface area contributed by atoms with Crippen LogP contribution in [0.4, 0.5) is 0 Å². The Hall–Kier alpha value is -2.02. The van der Waals surface area contributed by atoms with Gasteiger partial charge in [0, 0.05) is 37.2 Å². The molecule has 0 atom stereocenters. The van der Waals surface area contributed by atoms with Crippen LogP contribution in [0.15, 0.2) is 35.2 Å². The van der Waals surface area contributed by atoms with Crippen LogP contribution in [0.3, 0.4) is 0 Å². The molecule has 25 heavy (non-hydrogen) atoms. The number of hydrogen-bond donors (Lipinski definition) is 1. The molecular formula is C18H24N2O4S. The van der Waals surface area contributed by atoms with Gasteiger partial charge in [-0.1, -0.05) is 18.2 Å². The molecule has 0 unspecified atom stereocenters. The summed E-state index contributed by atoms with van der Waals surface area (Å²) in [7, 11) is 1.64. The number of carbonyl (C=O) groups is 3. The maximum Gasteiger partial charge on any atom is 0.306 e. The SMILES string of the molecule is CN(CC(=O)N1CCC(C(=O)O)CC1)C(=O)CCSc1ccccc1. The number of rotatable bonds is 7. The molecule has 0 bridgehead atoms. The first-order valence-corrected chi connectivity index (χ1v) is 9.38. The van der Waals surface area contributed by atoms with Gasteiger partial charge in [-0.3, -0.25) is 14.4 Å². The van der Waals surface area contributed by atoms with Crippen molar-refractivity contribution in [2.24, 2.45) is 5.92 Å². The first kappa shape index (κ1) is 19.3. The summed E-state index contributed by atoms with van der Waals surface area (Å²) in [5.41, 5.74) is 0. The lowest BCUT2D eigenvalue weighted by Gasteiger charge is -2.31. The fourth-order valence-electron chi connectivity index (χ4n) is 2.73. The average molecular weight is 364 g/mol. The van der Waals surface area contributed by atoms with E-state index in [2.05, 4.69) is 0 Å². The van der Waals surface area contributed by atoms with Crippen molar-refractivity contribution in [3.63, 3.8) is 0 Å². The first-order valence-electron chi connectivity index (χ1n) is 8.39. The van der Waals surface area contributed by atoms with Gasteiger partial charge in [0.15, 0.2) is 0 Å². The zero-order valence-corrected chi connectivity index (χ0v) is 15.2. The van der Waals surface area contributed by atoms with Crippen LogP contribution in [0.2, 0.25) is 0 Å². The maximum atomic E-state index is 12.3. The largest absolute Gasteiger partial charge is 0.481 e. The number of thioether (sulfide) groups is 1. The predicted molar refractivity (Wildman–Crippen MR) is 96.4 cm³/mol. The van der Waals surface area contributed by atoms with E-state index in [4.69, 9.17) is 5.11 Å². The van der Waals surface area contributed by atoms with Crippen LogP contribution in [0.25, 0.3) is 0 Å². The fourth-order valence-corrected chi connectivity index (χ4v) is 3.59. The number of carboxylic acid groups (broad SMARTS) is 1. The Labute approximate surface area is 152 Å². The predicted octanol–water partition coefficient (Wildman–Crippen LogP) is 1.95. The zero-order chi connectivity index (χ0) is 18.2. The van der Waals surface area contributed by atoms with Crippen molar-refractivity contribution in [3.8, 4) is 0 Å². The summed E-state index contributed by atoms with van der Waals surface area (Å²) in [6.07, 6.45) is 1.34. The number of amides is 2. The number of likely N-dealkylation sites (N-methyl/N-ethyl adjacent to an activating group) is 1. The monoisotopic (exact) mass is 364 g/mol. The van der Waals surface area contributed by atoms with Crippen LogP contribution in [-0.2, 0) is 14.4 Å². The van der Waals surface area contributed by atoms with Crippen LogP contribution in [0.1, 0.15) is 19.3 Å². The van der Waals surface area contributed by atoms with Crippen LogP contribution >= 0.6 is 11.8 Å². The molecule has 0 saturated carbocycles. The van der Waals surface area contributed by atoms with Gasteiger partial charge in [0.1, 0.15) is 0 Å². The molecule has 1 saturated heterocycles. The van der Waals surface area contributed by atoms with Crippen molar-refractivity contribution in [2.45, 2.75) is 24.2 Å². The standard InChI is InChI=1S/C18H24N2O4S/c1-19(16(21)9-12-25-15-5-3-2-4-6-15)13-17(22)20-10-7-14(8-11-20)18(23)24/h2-6,14H,7-13H2,1H3,(H,23,24). The number of aliphatic carboxylic acids is 1. The van der Waals surface area contributed by atoms with E-state index in [9.17, 15) is 14.4 Å². The number of carboxylic acids is 1. The Kier molecular flexibility index (Phi) is 7.31. The number of benzene rings is 1. The molecule has 0 aliphatic carbocycles. The molecule has 1 aromatic rings. The normalized spacial score (nSPS) is 15.0. The summed E-state index contributed by atoms with van der Waals surface area (Å²) in [6, 6.07) is 9.88. The molecule has 1 aliphatic heterocycles. The molecule has 2 amide bonds. The summed E-state index contributed by atoms with van der Waals surface area (Å²) in [5.74, 6) is -0.660. The minimum absolute atomic E-state index is 0.0482. The lowest BCUT2D eigenvalue weighted by Crippen LogP contribution is -2.45. The molecular weight excluding hydrogens is 340 g/mol. The topological polar surface area (TPSA) is 77.9 Å². The van der Waals surface area contributed by atoms with Gasteiger partial charge in [0.25, 0.3) is 0 Å². The quantitative estimate of drug-likeness (QED) is 0.748. The first-order chi connectivity index (χ1) is 12.0. The third-order valence-corrected chi connectivity index (χ3v) is 5.34. The molecule has 0 spiro atoms. The van der Waals surface area contributed by atoms with E-state index in [1.165, 1.54) is 4.90 Å². The number of piperidine rings is 1. The van der Waals surface area contributed by atoms with Gasteiger partial charge in [0.05, 0.1) is 12.5 Å². The van der Waals surface area contributed by atoms with E-state index >= 15 is 0 Å². The van der Waals surface area contributed by atoms with Crippen molar-refractivity contribution >= 4 is 29.5 Å². The maximum absolute atomic E-state index is 12.3. The molecule has 7 heteroatoms. The highest BCUT2D eigenvalue weighted by Gasteiger charge is 2.27. The van der Waals surface area contributed by atoms with Gasteiger partial charge in [-0.15, -0.1) is 11.8 Å². The number of nitrogens with zero attached hydrogens (tertiary/aromatic N) is 2. The lowest BCUT2D eigenvalue weighted by molar-refractivity contribution is -0.146. The summed E-state index contributed by atoms with van der Waals surface area (Å²) in [4.78, 5) is 39.6. The van der Waals surface area contributed by atoms with Gasteiger partial charge in [-0.2, -0.15) is 0 Å². The van der Waals surface area contributed by atoms with E-state index in [0.717, 1.165) is 4.90 Å². The van der Waals surface area contributed by atoms with Crippen LogP contribution in [0.5, 0.6) is 0 Å². The Morgan fingerprint density at radius 1 is 1.20 bits per heavy atom. The summed E-state index contributed by atoms with van der Waals surface area (Å²) in [5, 5.41) is 8.99. The van der Waals surface area contributed by atoms with Crippen molar-refractivity contribution in [3.05, 3.63) is 30.3 Å². The smallest absolute Gasteiger partial charge is 0.306 e. The molecule has 2 rings (SSSR count). The molecule has 6 nitrogen and oxygen atoms in total. The number of hydrogen-bond acceptors (Lipinski definition) is 4. The fraction of sp³-hybridized carbons (Fsp3) is 0.500. The van der Waals surface area contributed by atoms with E-state index in [0.29, 0.717) is 38.1 Å². The van der Waals surface area contributed by atoms with Crippen molar-refractivity contribution in [1.29, 1.82) is 0 Å². The molecule has 1 fully saturated rings. The molecule has 0 radical (unpaired) electrons. The molecule has 1 aromatic carbocycles. The summed E-state index contributed by atoms with van der Waals surface area (Å²) in [6.45, 7) is 0.940. The summed E-state index contributed by atoms with van der Waals surface area (Å²) >= 11 is 1.62. The molecule has 0 aromatic heterocycles. The molecule has 1 aliphatic rings. The van der Waals surface area contributed by atoms with E-state index in [1.54, 1.807) is 23.7 Å². The Morgan fingerprint density at radius 3 is 2.44 bits per heavy atom. The van der Waals surface area contributed by atoms with Gasteiger partial charge < -0.3 is 14.9 Å². The highest BCUT2D eigenvalue weighted by molar-refractivity contribution is 7.99. The van der Waals surface area contributed by atoms with Crippen LogP contribution in [0, 0.1) is 5.92 Å². The minimum atomic E-state index is -0.796. The van der Waals surface area contributed by atoms with Gasteiger partial charge in [0.2, 0.25) is 11.8 Å². The molecule has 1 N–H and O–H groups in total. The molecule has 1 heterocycles. The van der Waals surface area contributed by atoms with E-state index < -0.39 is 5.97 Å². The van der Waals surface area contributed by atoms with Crippen molar-refractivity contribution < 1.29 is 19.5 Å². The Morgan fingerprint density at radius 2 is 1.84 bits per heavy atom. The van der Waals surface area contributed by atoms with Crippen molar-refractivity contribution in [2.75, 3.05) is 32.4 Å². The highest BCUT2D eigenvalue weighted by atomic mass is 32.2. The second-order valence-electron chi connectivity index (χ2n) is 6.15. The third kappa shape index (κ3) is 6.08.